The molecule has 1 saturated heterocycles. The van der Waals surface area contributed by atoms with Gasteiger partial charge in [0.05, 0.1) is 0 Å². The number of rotatable bonds is 8. The predicted octanol–water partition coefficient (Wildman–Crippen LogP) is 2.11. The second kappa shape index (κ2) is 9.54. The third-order valence-electron chi connectivity index (χ3n) is 4.16. The van der Waals surface area contributed by atoms with Crippen molar-refractivity contribution in [2.75, 3.05) is 19.6 Å². The molecule has 24 heavy (non-hydrogen) atoms. The molecular formula is C17H25F2N3O2. The number of alkyl halides is 2. The molecule has 1 amide bonds. The zero-order chi connectivity index (χ0) is 17.4. The lowest BCUT2D eigenvalue weighted by molar-refractivity contribution is -0.121. The van der Waals surface area contributed by atoms with Crippen LogP contribution in [0.5, 0.6) is 5.75 Å². The van der Waals surface area contributed by atoms with E-state index in [1.54, 1.807) is 12.1 Å². The molecule has 0 bridgehead atoms. The van der Waals surface area contributed by atoms with E-state index in [1.807, 2.05) is 6.07 Å². The van der Waals surface area contributed by atoms with Gasteiger partial charge >= 0.3 is 6.61 Å². The van der Waals surface area contributed by atoms with Gasteiger partial charge in [0.25, 0.3) is 0 Å². The summed E-state index contributed by atoms with van der Waals surface area (Å²) in [6.07, 6.45) is 3.57. The molecule has 1 aliphatic rings. The first-order chi connectivity index (χ1) is 11.6. The van der Waals surface area contributed by atoms with Gasteiger partial charge in [-0.05, 0) is 37.1 Å². The Balaban J connectivity index is 1.94. The highest BCUT2D eigenvalue weighted by molar-refractivity contribution is 5.76. The molecule has 1 aliphatic heterocycles. The summed E-state index contributed by atoms with van der Waals surface area (Å²) in [6.45, 7) is -0.306. The Morgan fingerprint density at radius 3 is 3.00 bits per heavy atom. The van der Waals surface area contributed by atoms with Crippen LogP contribution in [0.25, 0.3) is 0 Å². The number of nitrogens with two attached hydrogens (primary N) is 1. The second-order valence-corrected chi connectivity index (χ2v) is 5.99. The minimum Gasteiger partial charge on any atom is -0.435 e. The highest BCUT2D eigenvalue weighted by Gasteiger charge is 2.23. The molecule has 1 aromatic rings. The van der Waals surface area contributed by atoms with Crippen molar-refractivity contribution in [3.05, 3.63) is 29.8 Å². The summed E-state index contributed by atoms with van der Waals surface area (Å²) in [7, 11) is 0. The van der Waals surface area contributed by atoms with Gasteiger partial charge in [0, 0.05) is 32.1 Å². The first-order valence-electron chi connectivity index (χ1n) is 8.33. The number of benzene rings is 1. The molecule has 5 nitrogen and oxygen atoms in total. The number of amides is 1. The highest BCUT2D eigenvalue weighted by Crippen LogP contribution is 2.22. The van der Waals surface area contributed by atoms with Gasteiger partial charge in [0.15, 0.2) is 0 Å². The van der Waals surface area contributed by atoms with Crippen molar-refractivity contribution in [1.29, 1.82) is 0 Å². The van der Waals surface area contributed by atoms with E-state index in [1.165, 1.54) is 6.07 Å². The van der Waals surface area contributed by atoms with Gasteiger partial charge in [-0.3, -0.25) is 9.69 Å². The molecule has 0 spiro atoms. The number of hydrogen-bond donors (Lipinski definition) is 2. The van der Waals surface area contributed by atoms with Crippen LogP contribution in [0.2, 0.25) is 0 Å². The first-order valence-corrected chi connectivity index (χ1v) is 8.33. The zero-order valence-corrected chi connectivity index (χ0v) is 13.7. The summed E-state index contributed by atoms with van der Waals surface area (Å²) in [5.74, 6) is 0.141. The fraction of sp³-hybridized carbons (Fsp3) is 0.588. The van der Waals surface area contributed by atoms with E-state index in [-0.39, 0.29) is 17.7 Å². The number of likely N-dealkylation sites (tertiary alicyclic amines) is 1. The molecule has 0 aromatic heterocycles. The van der Waals surface area contributed by atoms with Gasteiger partial charge in [-0.25, -0.2) is 0 Å². The molecule has 0 aliphatic carbocycles. The van der Waals surface area contributed by atoms with Crippen LogP contribution in [0.1, 0.15) is 31.2 Å². The lowest BCUT2D eigenvalue weighted by Crippen LogP contribution is -2.46. The third kappa shape index (κ3) is 6.05. The Hall–Kier alpha value is -1.73. The number of ether oxygens (including phenoxy) is 1. The summed E-state index contributed by atoms with van der Waals surface area (Å²) in [5.41, 5.74) is 6.30. The SMILES string of the molecule is NCCC(=O)NCC1CCCCN1Cc1cccc(OC(F)F)c1. The lowest BCUT2D eigenvalue weighted by Gasteiger charge is -2.36. The number of nitrogens with zero attached hydrogens (tertiary/aromatic N) is 1. The molecule has 0 radical (unpaired) electrons. The van der Waals surface area contributed by atoms with Crippen molar-refractivity contribution in [2.24, 2.45) is 5.73 Å². The van der Waals surface area contributed by atoms with Crippen LogP contribution in [0.4, 0.5) is 8.78 Å². The number of nitrogens with one attached hydrogen (secondary N) is 1. The van der Waals surface area contributed by atoms with Crippen molar-refractivity contribution in [3.8, 4) is 5.75 Å². The first kappa shape index (κ1) is 18.6. The lowest BCUT2D eigenvalue weighted by atomic mass is 10.0. The van der Waals surface area contributed by atoms with E-state index >= 15 is 0 Å². The maximum atomic E-state index is 12.3. The summed E-state index contributed by atoms with van der Waals surface area (Å²) in [4.78, 5) is 13.9. The smallest absolute Gasteiger partial charge is 0.387 e. The monoisotopic (exact) mass is 341 g/mol. The fourth-order valence-corrected chi connectivity index (χ4v) is 3.00. The van der Waals surface area contributed by atoms with Crippen LogP contribution in [0.3, 0.4) is 0 Å². The van der Waals surface area contributed by atoms with Crippen molar-refractivity contribution >= 4 is 5.91 Å². The Morgan fingerprint density at radius 1 is 1.42 bits per heavy atom. The molecule has 134 valence electrons. The average Bonchev–Trinajstić information content (AvgIpc) is 2.54. The van der Waals surface area contributed by atoms with E-state index in [4.69, 9.17) is 5.73 Å². The maximum absolute atomic E-state index is 12.3. The molecule has 1 fully saturated rings. The number of carbonyl (C=O) groups is 1. The molecule has 1 unspecified atom stereocenters. The quantitative estimate of drug-likeness (QED) is 0.760. The van der Waals surface area contributed by atoms with Gasteiger partial charge in [0.1, 0.15) is 5.75 Å². The van der Waals surface area contributed by atoms with Gasteiger partial charge in [-0.1, -0.05) is 18.6 Å². The minimum absolute atomic E-state index is 0.0321. The summed E-state index contributed by atoms with van der Waals surface area (Å²) in [5, 5.41) is 2.92. The van der Waals surface area contributed by atoms with Crippen LogP contribution in [-0.4, -0.2) is 43.1 Å². The Kier molecular flexibility index (Phi) is 7.39. The molecule has 3 N–H and O–H groups in total. The Labute approximate surface area is 141 Å². The highest BCUT2D eigenvalue weighted by atomic mass is 19.3. The number of hydrogen-bond acceptors (Lipinski definition) is 4. The summed E-state index contributed by atoms with van der Waals surface area (Å²) < 4.78 is 29.1. The molecular weight excluding hydrogens is 316 g/mol. The second-order valence-electron chi connectivity index (χ2n) is 5.99. The van der Waals surface area contributed by atoms with E-state index in [0.29, 0.717) is 26.1 Å². The van der Waals surface area contributed by atoms with Crippen molar-refractivity contribution in [2.45, 2.75) is 44.9 Å². The van der Waals surface area contributed by atoms with E-state index in [2.05, 4.69) is 15.0 Å². The molecule has 7 heteroatoms. The third-order valence-corrected chi connectivity index (χ3v) is 4.16. The molecule has 1 atom stereocenters. The van der Waals surface area contributed by atoms with E-state index in [9.17, 15) is 13.6 Å². The van der Waals surface area contributed by atoms with Gasteiger partial charge in [-0.15, -0.1) is 0 Å². The van der Waals surface area contributed by atoms with Crippen molar-refractivity contribution in [3.63, 3.8) is 0 Å². The molecule has 1 heterocycles. The van der Waals surface area contributed by atoms with Crippen LogP contribution in [0, 0.1) is 0 Å². The standard InChI is InChI=1S/C17H25F2N3O2/c18-17(19)24-15-6-3-4-13(10-15)12-22-9-2-1-5-14(22)11-21-16(23)7-8-20/h3-4,6,10,14,17H,1-2,5,7-9,11-12,20H2,(H,21,23). The van der Waals surface area contributed by atoms with E-state index < -0.39 is 6.61 Å². The van der Waals surface area contributed by atoms with Gasteiger partial charge in [-0.2, -0.15) is 8.78 Å². The minimum atomic E-state index is -2.82. The number of carbonyl (C=O) groups excluding carboxylic acids is 1. The van der Waals surface area contributed by atoms with Crippen LogP contribution >= 0.6 is 0 Å². The van der Waals surface area contributed by atoms with Crippen LogP contribution < -0.4 is 15.8 Å². The fourth-order valence-electron chi connectivity index (χ4n) is 3.00. The summed E-state index contributed by atoms with van der Waals surface area (Å²) >= 11 is 0. The molecule has 1 aromatic carbocycles. The maximum Gasteiger partial charge on any atom is 0.387 e. The van der Waals surface area contributed by atoms with Gasteiger partial charge < -0.3 is 15.8 Å². The normalized spacial score (nSPS) is 18.6. The number of halogens is 2. The predicted molar refractivity (Wildman–Crippen MR) is 87.8 cm³/mol. The van der Waals surface area contributed by atoms with Crippen molar-refractivity contribution in [1.82, 2.24) is 10.2 Å². The Morgan fingerprint density at radius 2 is 2.25 bits per heavy atom. The topological polar surface area (TPSA) is 67.6 Å². The van der Waals surface area contributed by atoms with Crippen molar-refractivity contribution < 1.29 is 18.3 Å². The zero-order valence-electron chi connectivity index (χ0n) is 13.7. The van der Waals surface area contributed by atoms with Crippen LogP contribution in [-0.2, 0) is 11.3 Å². The molecule has 0 saturated carbocycles. The van der Waals surface area contributed by atoms with E-state index in [0.717, 1.165) is 31.4 Å². The van der Waals surface area contributed by atoms with Crippen LogP contribution in [0.15, 0.2) is 24.3 Å². The molecule has 2 rings (SSSR count). The Bertz CT molecular complexity index is 528. The number of piperidine rings is 1. The summed E-state index contributed by atoms with van der Waals surface area (Å²) in [6, 6.07) is 7.04. The van der Waals surface area contributed by atoms with Gasteiger partial charge in [0.2, 0.25) is 5.91 Å². The average molecular weight is 341 g/mol. The largest absolute Gasteiger partial charge is 0.435 e.